The normalized spacial score (nSPS) is 8.80. The van der Waals surface area contributed by atoms with E-state index in [2.05, 4.69) is 10.3 Å². The Bertz CT molecular complexity index is 300. The van der Waals surface area contributed by atoms with E-state index in [0.717, 1.165) is 5.56 Å². The molecule has 15 heavy (non-hydrogen) atoms. The molecule has 4 heteroatoms. The topological polar surface area (TPSA) is 62.2 Å². The summed E-state index contributed by atoms with van der Waals surface area (Å²) >= 11 is 0. The Morgan fingerprint density at radius 3 is 2.73 bits per heavy atom. The van der Waals surface area contributed by atoms with E-state index in [4.69, 9.17) is 5.11 Å². The van der Waals surface area contributed by atoms with Gasteiger partial charge in [0.1, 0.15) is 5.69 Å². The van der Waals surface area contributed by atoms with Gasteiger partial charge in [0.2, 0.25) is 0 Å². The van der Waals surface area contributed by atoms with Crippen LogP contribution in [-0.2, 0) is 0 Å². The number of aliphatic hydroxyl groups is 1. The molecule has 1 aromatic rings. The van der Waals surface area contributed by atoms with Crippen LogP contribution >= 0.6 is 0 Å². The van der Waals surface area contributed by atoms with E-state index in [0.29, 0.717) is 5.69 Å². The summed E-state index contributed by atoms with van der Waals surface area (Å²) < 4.78 is 0. The first-order valence-corrected chi connectivity index (χ1v) is 5.06. The Morgan fingerprint density at radius 1 is 1.53 bits per heavy atom. The molecule has 0 radical (unpaired) electrons. The zero-order chi connectivity index (χ0) is 11.7. The lowest BCUT2D eigenvalue weighted by molar-refractivity contribution is 0.0939. The van der Waals surface area contributed by atoms with Crippen LogP contribution in [0.3, 0.4) is 0 Å². The minimum absolute atomic E-state index is 0.0579. The van der Waals surface area contributed by atoms with Crippen LogP contribution in [-0.4, -0.2) is 29.1 Å². The number of hydrogen-bond acceptors (Lipinski definition) is 3. The number of carbonyl (C=O) groups is 1. The maximum absolute atomic E-state index is 11.3. The Hall–Kier alpha value is -1.42. The summed E-state index contributed by atoms with van der Waals surface area (Å²) in [5.41, 5.74) is 1.24. The van der Waals surface area contributed by atoms with Crippen molar-refractivity contribution in [3.63, 3.8) is 0 Å². The SMILES string of the molecule is CC.Cc1cccnc1C(=O)NCCO. The van der Waals surface area contributed by atoms with Crippen LogP contribution in [0.2, 0.25) is 0 Å². The molecular weight excluding hydrogens is 192 g/mol. The van der Waals surface area contributed by atoms with Crippen molar-refractivity contribution in [2.45, 2.75) is 20.8 Å². The van der Waals surface area contributed by atoms with Gasteiger partial charge in [0.15, 0.2) is 0 Å². The van der Waals surface area contributed by atoms with Crippen LogP contribution in [0, 0.1) is 6.92 Å². The van der Waals surface area contributed by atoms with Crippen molar-refractivity contribution in [1.82, 2.24) is 10.3 Å². The molecule has 2 N–H and O–H groups in total. The molecule has 0 spiro atoms. The molecule has 0 saturated heterocycles. The Labute approximate surface area is 90.4 Å². The number of rotatable bonds is 3. The number of pyridine rings is 1. The van der Waals surface area contributed by atoms with Gasteiger partial charge < -0.3 is 10.4 Å². The van der Waals surface area contributed by atoms with Gasteiger partial charge in [-0.15, -0.1) is 0 Å². The van der Waals surface area contributed by atoms with Gasteiger partial charge in [0, 0.05) is 12.7 Å². The summed E-state index contributed by atoms with van der Waals surface area (Å²) in [7, 11) is 0. The third kappa shape index (κ3) is 4.56. The van der Waals surface area contributed by atoms with Crippen LogP contribution in [0.4, 0.5) is 0 Å². The highest BCUT2D eigenvalue weighted by Gasteiger charge is 2.07. The molecular formula is C11H18N2O2. The van der Waals surface area contributed by atoms with Crippen LogP contribution in [0.5, 0.6) is 0 Å². The summed E-state index contributed by atoms with van der Waals surface area (Å²) in [6.45, 7) is 6.02. The Kier molecular flexibility index (Phi) is 7.18. The minimum atomic E-state index is -0.243. The summed E-state index contributed by atoms with van der Waals surface area (Å²) in [5, 5.41) is 11.0. The monoisotopic (exact) mass is 210 g/mol. The molecule has 1 amide bonds. The standard InChI is InChI=1S/C9H12N2O2.C2H6/c1-7-3-2-4-10-8(7)9(13)11-5-6-12;1-2/h2-4,12H,5-6H2,1H3,(H,11,13);1-2H3. The van der Waals surface area contributed by atoms with E-state index in [1.165, 1.54) is 0 Å². The Balaban J connectivity index is 0.000000921. The van der Waals surface area contributed by atoms with Gasteiger partial charge >= 0.3 is 0 Å². The average molecular weight is 210 g/mol. The number of nitrogens with zero attached hydrogens (tertiary/aromatic N) is 1. The molecule has 0 saturated carbocycles. The van der Waals surface area contributed by atoms with Crippen molar-refractivity contribution in [1.29, 1.82) is 0 Å². The maximum atomic E-state index is 11.3. The molecule has 0 fully saturated rings. The van der Waals surface area contributed by atoms with Crippen molar-refractivity contribution in [2.75, 3.05) is 13.2 Å². The first-order chi connectivity index (χ1) is 7.25. The quantitative estimate of drug-likeness (QED) is 0.786. The van der Waals surface area contributed by atoms with Gasteiger partial charge in [0.05, 0.1) is 6.61 Å². The lowest BCUT2D eigenvalue weighted by Gasteiger charge is -2.04. The van der Waals surface area contributed by atoms with E-state index in [1.807, 2.05) is 26.8 Å². The molecule has 0 aliphatic heterocycles. The van der Waals surface area contributed by atoms with Crippen LogP contribution in [0.15, 0.2) is 18.3 Å². The summed E-state index contributed by atoms with van der Waals surface area (Å²) in [6.07, 6.45) is 1.57. The second-order valence-corrected chi connectivity index (χ2v) is 2.65. The number of aromatic nitrogens is 1. The molecule has 84 valence electrons. The van der Waals surface area contributed by atoms with Crippen LogP contribution in [0.25, 0.3) is 0 Å². The van der Waals surface area contributed by atoms with Gasteiger partial charge in [-0.3, -0.25) is 9.78 Å². The first kappa shape index (κ1) is 13.6. The number of aliphatic hydroxyl groups excluding tert-OH is 1. The highest BCUT2D eigenvalue weighted by molar-refractivity contribution is 5.93. The number of hydrogen-bond donors (Lipinski definition) is 2. The summed E-state index contributed by atoms with van der Waals surface area (Å²) in [4.78, 5) is 15.3. The Morgan fingerprint density at radius 2 is 2.20 bits per heavy atom. The fourth-order valence-electron chi connectivity index (χ4n) is 0.977. The summed E-state index contributed by atoms with van der Waals surface area (Å²) in [6, 6.07) is 3.60. The number of amides is 1. The summed E-state index contributed by atoms with van der Waals surface area (Å²) in [5.74, 6) is -0.243. The molecule has 0 unspecified atom stereocenters. The fourth-order valence-corrected chi connectivity index (χ4v) is 0.977. The average Bonchev–Trinajstić information content (AvgIpc) is 2.29. The lowest BCUT2D eigenvalue weighted by atomic mass is 10.2. The fraction of sp³-hybridized carbons (Fsp3) is 0.455. The second kappa shape index (κ2) is 7.94. The largest absolute Gasteiger partial charge is 0.395 e. The predicted molar refractivity (Wildman–Crippen MR) is 59.7 cm³/mol. The van der Waals surface area contributed by atoms with E-state index < -0.39 is 0 Å². The van der Waals surface area contributed by atoms with Crippen molar-refractivity contribution in [2.24, 2.45) is 0 Å². The minimum Gasteiger partial charge on any atom is -0.395 e. The van der Waals surface area contributed by atoms with Crippen LogP contribution in [0.1, 0.15) is 29.9 Å². The van der Waals surface area contributed by atoms with Crippen molar-refractivity contribution >= 4 is 5.91 Å². The lowest BCUT2D eigenvalue weighted by Crippen LogP contribution is -2.27. The van der Waals surface area contributed by atoms with Gasteiger partial charge in [0.25, 0.3) is 5.91 Å². The highest BCUT2D eigenvalue weighted by Crippen LogP contribution is 2.01. The molecule has 4 nitrogen and oxygen atoms in total. The third-order valence-corrected chi connectivity index (χ3v) is 1.62. The van der Waals surface area contributed by atoms with Gasteiger partial charge in [-0.2, -0.15) is 0 Å². The number of aryl methyl sites for hydroxylation is 1. The van der Waals surface area contributed by atoms with E-state index >= 15 is 0 Å². The van der Waals surface area contributed by atoms with E-state index in [9.17, 15) is 4.79 Å². The van der Waals surface area contributed by atoms with E-state index in [1.54, 1.807) is 12.3 Å². The smallest absolute Gasteiger partial charge is 0.270 e. The van der Waals surface area contributed by atoms with Gasteiger partial charge in [-0.25, -0.2) is 0 Å². The zero-order valence-corrected chi connectivity index (χ0v) is 9.45. The molecule has 1 heterocycles. The maximum Gasteiger partial charge on any atom is 0.270 e. The first-order valence-electron chi connectivity index (χ1n) is 5.06. The molecule has 0 atom stereocenters. The third-order valence-electron chi connectivity index (χ3n) is 1.62. The van der Waals surface area contributed by atoms with Gasteiger partial charge in [-0.05, 0) is 18.6 Å². The van der Waals surface area contributed by atoms with Gasteiger partial charge in [-0.1, -0.05) is 19.9 Å². The molecule has 0 aromatic carbocycles. The second-order valence-electron chi connectivity index (χ2n) is 2.65. The zero-order valence-electron chi connectivity index (χ0n) is 9.45. The predicted octanol–water partition coefficient (Wildman–Crippen LogP) is 1.14. The number of nitrogens with one attached hydrogen (secondary N) is 1. The molecule has 1 aromatic heterocycles. The molecule has 0 bridgehead atoms. The van der Waals surface area contributed by atoms with E-state index in [-0.39, 0.29) is 19.1 Å². The highest BCUT2D eigenvalue weighted by atomic mass is 16.3. The molecule has 0 aliphatic carbocycles. The molecule has 0 aliphatic rings. The number of carbonyl (C=O) groups excluding carboxylic acids is 1. The van der Waals surface area contributed by atoms with Crippen molar-refractivity contribution in [3.8, 4) is 0 Å². The van der Waals surface area contributed by atoms with Crippen LogP contribution < -0.4 is 5.32 Å². The molecule has 1 rings (SSSR count). The van der Waals surface area contributed by atoms with Crippen molar-refractivity contribution in [3.05, 3.63) is 29.6 Å². The van der Waals surface area contributed by atoms with Crippen molar-refractivity contribution < 1.29 is 9.90 Å².